The van der Waals surface area contributed by atoms with Crippen molar-refractivity contribution in [3.05, 3.63) is 279 Å². The van der Waals surface area contributed by atoms with E-state index in [-0.39, 0.29) is 0 Å². The molecule has 0 saturated carbocycles. The second kappa shape index (κ2) is 18.0. The average molecular weight is 955 g/mol. The van der Waals surface area contributed by atoms with Crippen LogP contribution in [0.4, 0.5) is 0 Å². The molecule has 0 atom stereocenters. The van der Waals surface area contributed by atoms with Crippen molar-refractivity contribution >= 4 is 85.5 Å². The van der Waals surface area contributed by atoms with Crippen LogP contribution >= 0.6 is 0 Å². The van der Waals surface area contributed by atoms with Crippen LogP contribution in [-0.4, -0.2) is 45.1 Å². The number of benzene rings is 10. The number of aromatic nitrogens is 6. The van der Waals surface area contributed by atoms with Crippen LogP contribution in [0.5, 0.6) is 0 Å². The third-order valence-electron chi connectivity index (χ3n) is 14.3. The standard InChI is InChI=1S/C64H46N6Si2/c1-8-24-47(25-9-1)61-66-62(48-40-42-55(43-41-48)71(49-26-10-2-11-27-49,50-28-12-3-13-29-50)51-30-14-4-15-31-51)68-63(67-61)70-59-39-23-22-38-58(59)69-60-46-56(44-45-57(60)65-64(69)70)72(52-32-16-5-17-33-52,53-34-18-6-19-35-53)54-36-20-7-21-37-54/h1-46H. The van der Waals surface area contributed by atoms with Gasteiger partial charge in [-0.3, -0.25) is 4.40 Å². The van der Waals surface area contributed by atoms with Gasteiger partial charge < -0.3 is 0 Å². The summed E-state index contributed by atoms with van der Waals surface area (Å²) in [7, 11) is -5.60. The van der Waals surface area contributed by atoms with E-state index in [2.05, 4.69) is 270 Å². The summed E-state index contributed by atoms with van der Waals surface area (Å²) >= 11 is 0. The summed E-state index contributed by atoms with van der Waals surface area (Å²) in [6.45, 7) is 0. The number of nitrogens with zero attached hydrogens (tertiary/aromatic N) is 6. The molecule has 0 bridgehead atoms. The highest BCUT2D eigenvalue weighted by atomic mass is 28.3. The van der Waals surface area contributed by atoms with Gasteiger partial charge in [0.05, 0.1) is 22.1 Å². The number of imidazole rings is 2. The lowest BCUT2D eigenvalue weighted by Crippen LogP contribution is -2.74. The fraction of sp³-hybridized carbons (Fsp3) is 0. The van der Waals surface area contributed by atoms with Gasteiger partial charge in [-0.25, -0.2) is 14.5 Å². The molecule has 6 nitrogen and oxygen atoms in total. The van der Waals surface area contributed by atoms with Gasteiger partial charge in [-0.05, 0) is 65.8 Å². The maximum absolute atomic E-state index is 5.45. The number of rotatable bonds is 11. The SMILES string of the molecule is c1ccc(-c2nc(-c3ccc([Si](c4ccccc4)(c4ccccc4)c4ccccc4)cc3)nc(-n3c4ccccc4n4c5cc([Si](c6ccccc6)(c6ccccc6)c6ccccc6)ccc5nc34)n2)cc1. The van der Waals surface area contributed by atoms with Gasteiger partial charge in [0.2, 0.25) is 11.7 Å². The van der Waals surface area contributed by atoms with Crippen molar-refractivity contribution in [1.82, 2.24) is 28.9 Å². The highest BCUT2D eigenvalue weighted by Crippen LogP contribution is 2.30. The fourth-order valence-corrected chi connectivity index (χ4v) is 20.6. The first-order valence-electron chi connectivity index (χ1n) is 24.4. The molecule has 3 heterocycles. The molecular formula is C64H46N6Si2. The Bertz CT molecular complexity index is 3810. The van der Waals surface area contributed by atoms with E-state index in [1.807, 2.05) is 18.2 Å². The molecule has 0 saturated heterocycles. The van der Waals surface area contributed by atoms with E-state index in [1.165, 1.54) is 41.5 Å². The topological polar surface area (TPSA) is 60.9 Å². The normalized spacial score (nSPS) is 11.9. The lowest BCUT2D eigenvalue weighted by molar-refractivity contribution is 0.937. The van der Waals surface area contributed by atoms with Crippen LogP contribution in [0.15, 0.2) is 279 Å². The van der Waals surface area contributed by atoms with Crippen molar-refractivity contribution in [2.75, 3.05) is 0 Å². The second-order valence-corrected chi connectivity index (χ2v) is 25.8. The number of para-hydroxylation sites is 2. The van der Waals surface area contributed by atoms with E-state index in [9.17, 15) is 0 Å². The van der Waals surface area contributed by atoms with Gasteiger partial charge in [0.15, 0.2) is 27.8 Å². The second-order valence-electron chi connectivity index (χ2n) is 18.2. The first kappa shape index (κ1) is 43.0. The van der Waals surface area contributed by atoms with E-state index >= 15 is 0 Å². The molecule has 0 aliphatic carbocycles. The molecule has 0 aliphatic rings. The Morgan fingerprint density at radius 3 is 1.06 bits per heavy atom. The third-order valence-corrected chi connectivity index (χ3v) is 23.9. The maximum atomic E-state index is 5.45. The van der Waals surface area contributed by atoms with Crippen molar-refractivity contribution < 1.29 is 0 Å². The van der Waals surface area contributed by atoms with Gasteiger partial charge in [0, 0.05) is 11.1 Å². The molecule has 8 heteroatoms. The summed E-state index contributed by atoms with van der Waals surface area (Å²) < 4.78 is 4.39. The highest BCUT2D eigenvalue weighted by Gasteiger charge is 2.43. The molecule has 3 aromatic heterocycles. The molecule has 13 rings (SSSR count). The Morgan fingerprint density at radius 2 is 0.611 bits per heavy atom. The Hall–Kier alpha value is -9.09. The molecule has 0 N–H and O–H groups in total. The monoisotopic (exact) mass is 954 g/mol. The van der Waals surface area contributed by atoms with E-state index in [1.54, 1.807) is 0 Å². The number of hydrogen-bond donors (Lipinski definition) is 0. The van der Waals surface area contributed by atoms with Gasteiger partial charge >= 0.3 is 0 Å². The third kappa shape index (κ3) is 6.99. The number of hydrogen-bond acceptors (Lipinski definition) is 4. The molecule has 0 aliphatic heterocycles. The van der Waals surface area contributed by atoms with Crippen molar-refractivity contribution in [2.45, 2.75) is 0 Å². The molecule has 0 unspecified atom stereocenters. The lowest BCUT2D eigenvalue weighted by Gasteiger charge is -2.34. The lowest BCUT2D eigenvalue weighted by atomic mass is 10.2. The van der Waals surface area contributed by atoms with Gasteiger partial charge in [0.25, 0.3) is 0 Å². The molecule has 0 amide bonds. The van der Waals surface area contributed by atoms with Crippen LogP contribution in [-0.2, 0) is 0 Å². The van der Waals surface area contributed by atoms with Crippen LogP contribution in [0.3, 0.4) is 0 Å². The van der Waals surface area contributed by atoms with Crippen LogP contribution in [0.25, 0.3) is 56.6 Å². The minimum atomic E-state index is -2.85. The highest BCUT2D eigenvalue weighted by molar-refractivity contribution is 7.20. The zero-order valence-electron chi connectivity index (χ0n) is 39.2. The minimum absolute atomic E-state index is 0.493. The summed E-state index contributed by atoms with van der Waals surface area (Å²) in [6, 6.07) is 101. The van der Waals surface area contributed by atoms with Crippen LogP contribution in [0.1, 0.15) is 0 Å². The fourth-order valence-electron chi connectivity index (χ4n) is 11.1. The molecule has 340 valence electrons. The number of fused-ring (bicyclic) bond motifs is 5. The first-order valence-corrected chi connectivity index (χ1v) is 28.4. The van der Waals surface area contributed by atoms with Crippen molar-refractivity contribution in [3.8, 4) is 28.7 Å². The summed E-state index contributed by atoms with van der Waals surface area (Å²) in [5.41, 5.74) is 5.66. The van der Waals surface area contributed by atoms with E-state index < -0.39 is 16.1 Å². The van der Waals surface area contributed by atoms with Crippen LogP contribution < -0.4 is 41.5 Å². The van der Waals surface area contributed by atoms with Gasteiger partial charge in [-0.15, -0.1) is 0 Å². The zero-order valence-corrected chi connectivity index (χ0v) is 41.2. The predicted octanol–water partition coefficient (Wildman–Crippen LogP) is 8.71. The molecule has 10 aromatic carbocycles. The Morgan fingerprint density at radius 1 is 0.264 bits per heavy atom. The Balaban J connectivity index is 1.02. The summed E-state index contributed by atoms with van der Waals surface area (Å²) in [4.78, 5) is 21.4. The van der Waals surface area contributed by atoms with Crippen molar-refractivity contribution in [3.63, 3.8) is 0 Å². The predicted molar refractivity (Wildman–Crippen MR) is 301 cm³/mol. The molecule has 0 radical (unpaired) electrons. The van der Waals surface area contributed by atoms with E-state index in [0.29, 0.717) is 17.6 Å². The van der Waals surface area contributed by atoms with Gasteiger partial charge in [0.1, 0.15) is 0 Å². The van der Waals surface area contributed by atoms with Crippen molar-refractivity contribution in [2.24, 2.45) is 0 Å². The van der Waals surface area contributed by atoms with Crippen molar-refractivity contribution in [1.29, 1.82) is 0 Å². The summed E-state index contributed by atoms with van der Waals surface area (Å²) in [5, 5.41) is 10.5. The molecule has 72 heavy (non-hydrogen) atoms. The van der Waals surface area contributed by atoms with Gasteiger partial charge in [-0.2, -0.15) is 9.97 Å². The first-order chi connectivity index (χ1) is 35.7. The molecular weight excluding hydrogens is 909 g/mol. The summed E-state index contributed by atoms with van der Waals surface area (Å²) in [6.07, 6.45) is 0. The maximum Gasteiger partial charge on any atom is 0.241 e. The average Bonchev–Trinajstić information content (AvgIpc) is 4.00. The summed E-state index contributed by atoms with van der Waals surface area (Å²) in [5.74, 6) is 2.38. The quantitative estimate of drug-likeness (QED) is 0.0963. The zero-order chi connectivity index (χ0) is 47.9. The van der Waals surface area contributed by atoms with E-state index in [0.717, 1.165) is 39.0 Å². The smallest absolute Gasteiger partial charge is 0.241 e. The molecule has 0 fully saturated rings. The molecule has 13 aromatic rings. The van der Waals surface area contributed by atoms with Crippen LogP contribution in [0.2, 0.25) is 0 Å². The Kier molecular flexibility index (Phi) is 10.8. The molecule has 0 spiro atoms. The van der Waals surface area contributed by atoms with E-state index in [4.69, 9.17) is 19.9 Å². The van der Waals surface area contributed by atoms with Gasteiger partial charge in [-0.1, -0.05) is 255 Å². The minimum Gasteiger partial charge on any atom is -0.276 e. The largest absolute Gasteiger partial charge is 0.276 e. The Labute approximate surface area is 419 Å². The van der Waals surface area contributed by atoms with Crippen LogP contribution in [0, 0.1) is 0 Å².